The first-order valence-corrected chi connectivity index (χ1v) is 6.69. The van der Waals surface area contributed by atoms with Crippen LogP contribution in [0.1, 0.15) is 12.6 Å². The van der Waals surface area contributed by atoms with Gasteiger partial charge in [-0.3, -0.25) is 4.98 Å². The number of ether oxygens (including phenoxy) is 1. The molecule has 0 aliphatic heterocycles. The summed E-state index contributed by atoms with van der Waals surface area (Å²) in [5, 5.41) is 3.99. The van der Waals surface area contributed by atoms with E-state index in [-0.39, 0.29) is 29.4 Å². The summed E-state index contributed by atoms with van der Waals surface area (Å²) in [5.41, 5.74) is -0.0117. The summed E-state index contributed by atoms with van der Waals surface area (Å²) in [6.45, 7) is 3.52. The van der Waals surface area contributed by atoms with Gasteiger partial charge in [-0.1, -0.05) is 0 Å². The van der Waals surface area contributed by atoms with Crippen molar-refractivity contribution in [3.8, 4) is 17.1 Å². The van der Waals surface area contributed by atoms with Crippen LogP contribution in [0, 0.1) is 24.4 Å². The van der Waals surface area contributed by atoms with Crippen molar-refractivity contribution in [3.05, 3.63) is 45.8 Å². The second-order valence-electron chi connectivity index (χ2n) is 4.73. The number of halogens is 3. The number of aromatic amines is 1. The molecule has 3 aromatic rings. The van der Waals surface area contributed by atoms with Crippen molar-refractivity contribution < 1.29 is 17.9 Å². The van der Waals surface area contributed by atoms with Crippen LogP contribution in [-0.4, -0.2) is 26.2 Å². The molecule has 2 heterocycles. The van der Waals surface area contributed by atoms with Gasteiger partial charge in [0.05, 0.1) is 17.9 Å². The maximum atomic E-state index is 13.5. The van der Waals surface area contributed by atoms with Crippen LogP contribution in [0.4, 0.5) is 13.2 Å². The second-order valence-corrected chi connectivity index (χ2v) is 4.73. The molecule has 0 fully saturated rings. The third kappa shape index (κ3) is 2.43. The van der Waals surface area contributed by atoms with Crippen LogP contribution in [0.2, 0.25) is 0 Å². The number of rotatable bonds is 3. The normalized spacial score (nSPS) is 11.2. The highest BCUT2D eigenvalue weighted by Crippen LogP contribution is 2.29. The lowest BCUT2D eigenvalue weighted by molar-refractivity contribution is 0.310. The first-order chi connectivity index (χ1) is 10.9. The molecule has 1 N–H and O–H groups in total. The van der Waals surface area contributed by atoms with E-state index in [4.69, 9.17) is 4.74 Å². The molecule has 0 unspecified atom stereocenters. The number of nitrogens with zero attached hydrogens (tertiary/aromatic N) is 3. The van der Waals surface area contributed by atoms with E-state index in [1.54, 1.807) is 13.8 Å². The van der Waals surface area contributed by atoms with Crippen LogP contribution >= 0.6 is 0 Å². The molecular weight excluding hydrogens is 313 g/mol. The van der Waals surface area contributed by atoms with Crippen LogP contribution in [0.5, 0.6) is 6.01 Å². The van der Waals surface area contributed by atoms with Gasteiger partial charge in [0.25, 0.3) is 6.01 Å². The Hall–Kier alpha value is -2.84. The van der Waals surface area contributed by atoms with E-state index in [2.05, 4.69) is 15.1 Å². The smallest absolute Gasteiger partial charge is 0.352 e. The molecule has 0 saturated carbocycles. The van der Waals surface area contributed by atoms with Gasteiger partial charge in [0, 0.05) is 0 Å². The molecule has 3 rings (SSSR count). The van der Waals surface area contributed by atoms with E-state index in [1.807, 2.05) is 0 Å². The minimum absolute atomic E-state index is 0.0226. The maximum Gasteiger partial charge on any atom is 0.352 e. The van der Waals surface area contributed by atoms with Gasteiger partial charge < -0.3 is 4.74 Å². The Morgan fingerprint density at radius 2 is 1.91 bits per heavy atom. The number of aryl methyl sites for hydroxylation is 1. The van der Waals surface area contributed by atoms with Crippen molar-refractivity contribution in [1.82, 2.24) is 19.6 Å². The van der Waals surface area contributed by atoms with Crippen molar-refractivity contribution in [1.29, 1.82) is 0 Å². The fraction of sp³-hybridized carbons (Fsp3) is 0.214. The Morgan fingerprint density at radius 3 is 2.52 bits per heavy atom. The van der Waals surface area contributed by atoms with Crippen LogP contribution in [0.25, 0.3) is 16.8 Å². The molecule has 2 aromatic heterocycles. The van der Waals surface area contributed by atoms with Crippen LogP contribution < -0.4 is 10.4 Å². The second kappa shape index (κ2) is 5.41. The molecular formula is C14H11F3N4O2. The number of nitrogens with one attached hydrogen (secondary N) is 1. The van der Waals surface area contributed by atoms with Gasteiger partial charge in [-0.2, -0.15) is 14.6 Å². The van der Waals surface area contributed by atoms with Crippen LogP contribution in [0.15, 0.2) is 16.9 Å². The summed E-state index contributed by atoms with van der Waals surface area (Å²) in [6.07, 6.45) is 0. The fourth-order valence-corrected chi connectivity index (χ4v) is 2.27. The molecule has 0 aliphatic carbocycles. The summed E-state index contributed by atoms with van der Waals surface area (Å²) in [7, 11) is 0. The summed E-state index contributed by atoms with van der Waals surface area (Å²) in [4.78, 5) is 18.4. The lowest BCUT2D eigenvalue weighted by atomic mass is 10.1. The molecule has 0 amide bonds. The third-order valence-electron chi connectivity index (χ3n) is 3.20. The van der Waals surface area contributed by atoms with Crippen molar-refractivity contribution >= 4 is 5.65 Å². The average Bonchev–Trinajstić information content (AvgIpc) is 2.81. The predicted molar refractivity (Wildman–Crippen MR) is 74.8 cm³/mol. The van der Waals surface area contributed by atoms with Crippen molar-refractivity contribution in [3.63, 3.8) is 0 Å². The number of hydrogen-bond acceptors (Lipinski definition) is 4. The van der Waals surface area contributed by atoms with E-state index in [0.717, 1.165) is 16.6 Å². The summed E-state index contributed by atoms with van der Waals surface area (Å²) in [6, 6.07) is 1.60. The Kier molecular flexibility index (Phi) is 3.55. The fourth-order valence-electron chi connectivity index (χ4n) is 2.27. The zero-order valence-electron chi connectivity index (χ0n) is 12.2. The minimum Gasteiger partial charge on any atom is -0.465 e. The van der Waals surface area contributed by atoms with Crippen LogP contribution in [-0.2, 0) is 0 Å². The molecule has 0 spiro atoms. The molecule has 6 nitrogen and oxygen atoms in total. The third-order valence-corrected chi connectivity index (χ3v) is 3.20. The molecule has 1 aromatic carbocycles. The lowest BCUT2D eigenvalue weighted by Gasteiger charge is -2.04. The van der Waals surface area contributed by atoms with E-state index < -0.39 is 23.1 Å². The van der Waals surface area contributed by atoms with Gasteiger partial charge in [-0.05, 0) is 31.5 Å². The van der Waals surface area contributed by atoms with Gasteiger partial charge >= 0.3 is 5.69 Å². The van der Waals surface area contributed by atoms with Gasteiger partial charge in [0.1, 0.15) is 0 Å². The summed E-state index contributed by atoms with van der Waals surface area (Å²) >= 11 is 0. The van der Waals surface area contributed by atoms with Crippen molar-refractivity contribution in [2.24, 2.45) is 0 Å². The van der Waals surface area contributed by atoms with Gasteiger partial charge in [-0.25, -0.2) is 18.0 Å². The number of H-pyrrole nitrogens is 1. The first kappa shape index (κ1) is 15.1. The Balaban J connectivity index is 2.33. The summed E-state index contributed by atoms with van der Waals surface area (Å²) in [5.74, 6) is -4.24. The van der Waals surface area contributed by atoms with E-state index in [1.165, 1.54) is 0 Å². The molecule has 0 saturated heterocycles. The number of aromatic nitrogens is 4. The largest absolute Gasteiger partial charge is 0.465 e. The summed E-state index contributed by atoms with van der Waals surface area (Å²) < 4.78 is 46.2. The van der Waals surface area contributed by atoms with Crippen molar-refractivity contribution in [2.75, 3.05) is 6.61 Å². The average molecular weight is 324 g/mol. The SMILES string of the molecule is CCOc1nc2c(-c3cc(F)c(F)c(F)c3)c(C)nn2c(=O)[nH]1. The molecule has 0 bridgehead atoms. The maximum absolute atomic E-state index is 13.5. The zero-order chi connectivity index (χ0) is 16.7. The Labute approximate surface area is 127 Å². The highest BCUT2D eigenvalue weighted by atomic mass is 19.2. The zero-order valence-corrected chi connectivity index (χ0v) is 12.2. The number of fused-ring (bicyclic) bond motifs is 1. The van der Waals surface area contributed by atoms with Crippen LogP contribution in [0.3, 0.4) is 0 Å². The van der Waals surface area contributed by atoms with Crippen molar-refractivity contribution in [2.45, 2.75) is 13.8 Å². The predicted octanol–water partition coefficient (Wildman–Crippen LogP) is 2.21. The highest BCUT2D eigenvalue weighted by molar-refractivity contribution is 5.79. The lowest BCUT2D eigenvalue weighted by Crippen LogP contribution is -2.19. The van der Waals surface area contributed by atoms with E-state index in [9.17, 15) is 18.0 Å². The first-order valence-electron chi connectivity index (χ1n) is 6.69. The Morgan fingerprint density at radius 1 is 1.26 bits per heavy atom. The van der Waals surface area contributed by atoms with Gasteiger partial charge in [0.2, 0.25) is 0 Å². The molecule has 120 valence electrons. The topological polar surface area (TPSA) is 72.3 Å². The standard InChI is InChI=1S/C14H11F3N4O2/c1-3-23-13-18-12-10(6(2)20-21(12)14(22)19-13)7-4-8(15)11(17)9(16)5-7/h4-5H,3H2,1-2H3,(H,18,19,22). The van der Waals surface area contributed by atoms with E-state index >= 15 is 0 Å². The Bertz CT molecular complexity index is 942. The molecule has 0 radical (unpaired) electrons. The number of benzene rings is 1. The highest BCUT2D eigenvalue weighted by Gasteiger charge is 2.20. The molecule has 23 heavy (non-hydrogen) atoms. The molecule has 0 aliphatic rings. The molecule has 0 atom stereocenters. The minimum atomic E-state index is -1.57. The molecule has 9 heteroatoms. The number of hydrogen-bond donors (Lipinski definition) is 1. The monoisotopic (exact) mass is 324 g/mol. The van der Waals surface area contributed by atoms with Gasteiger partial charge in [-0.15, -0.1) is 0 Å². The van der Waals surface area contributed by atoms with E-state index in [0.29, 0.717) is 5.69 Å². The van der Waals surface area contributed by atoms with Gasteiger partial charge in [0.15, 0.2) is 23.1 Å². The quantitative estimate of drug-likeness (QED) is 0.750.